The molecular weight excluding hydrogens is 226 g/mol. The molecule has 1 heterocycles. The molecule has 0 radical (unpaired) electrons. The number of carbonyl (C=O) groups is 1. The first-order valence-corrected chi connectivity index (χ1v) is 6.18. The Labute approximate surface area is 108 Å². The summed E-state index contributed by atoms with van der Waals surface area (Å²) >= 11 is 0. The normalized spacial score (nSPS) is 14.7. The van der Waals surface area contributed by atoms with Crippen molar-refractivity contribution in [3.05, 3.63) is 34.9 Å². The minimum atomic E-state index is -0.0631. The number of carbonyl (C=O) groups excluding carboxylic acids is 1. The van der Waals surface area contributed by atoms with Crippen LogP contribution in [0.15, 0.2) is 18.2 Å². The number of ether oxygens (including phenoxy) is 1. The highest BCUT2D eigenvalue weighted by Crippen LogP contribution is 2.20. The van der Waals surface area contributed by atoms with E-state index in [9.17, 15) is 4.79 Å². The standard InChI is InChI=1S/C15H17NO2/c1-3-5-14(4-2)16-15(17)11-6-7-12-9-18-10-13(12)8-11/h1,6-8,14H,4-5,9-10H2,2H3,(H,16,17). The summed E-state index contributed by atoms with van der Waals surface area (Å²) in [5.74, 6) is 2.52. The van der Waals surface area contributed by atoms with Gasteiger partial charge >= 0.3 is 0 Å². The molecule has 18 heavy (non-hydrogen) atoms. The molecule has 0 bridgehead atoms. The number of rotatable bonds is 4. The predicted octanol–water partition coefficient (Wildman–Crippen LogP) is 2.25. The van der Waals surface area contributed by atoms with E-state index in [1.54, 1.807) is 0 Å². The first-order valence-electron chi connectivity index (χ1n) is 6.18. The zero-order valence-electron chi connectivity index (χ0n) is 10.5. The number of terminal acetylenes is 1. The lowest BCUT2D eigenvalue weighted by Crippen LogP contribution is -2.34. The molecule has 1 aromatic rings. The van der Waals surface area contributed by atoms with E-state index in [-0.39, 0.29) is 11.9 Å². The average Bonchev–Trinajstić information content (AvgIpc) is 2.85. The fourth-order valence-corrected chi connectivity index (χ4v) is 2.02. The van der Waals surface area contributed by atoms with Crippen molar-refractivity contribution in [3.63, 3.8) is 0 Å². The van der Waals surface area contributed by atoms with Gasteiger partial charge in [0, 0.05) is 18.0 Å². The van der Waals surface area contributed by atoms with Gasteiger partial charge in [0.05, 0.1) is 13.2 Å². The highest BCUT2D eigenvalue weighted by Gasteiger charge is 2.16. The van der Waals surface area contributed by atoms with E-state index in [1.807, 2.05) is 25.1 Å². The molecule has 0 aliphatic carbocycles. The van der Waals surface area contributed by atoms with Crippen molar-refractivity contribution in [2.24, 2.45) is 0 Å². The molecule has 2 rings (SSSR count). The number of amides is 1. The molecule has 3 nitrogen and oxygen atoms in total. The molecular formula is C15H17NO2. The minimum absolute atomic E-state index is 0.0482. The minimum Gasteiger partial charge on any atom is -0.372 e. The van der Waals surface area contributed by atoms with E-state index in [1.165, 1.54) is 5.56 Å². The zero-order valence-corrected chi connectivity index (χ0v) is 10.5. The fraction of sp³-hybridized carbons (Fsp3) is 0.400. The molecule has 3 heteroatoms. The Hall–Kier alpha value is -1.79. The van der Waals surface area contributed by atoms with Crippen LogP contribution in [0.25, 0.3) is 0 Å². The molecule has 0 fully saturated rings. The van der Waals surface area contributed by atoms with Crippen molar-refractivity contribution in [3.8, 4) is 12.3 Å². The number of hydrogen-bond donors (Lipinski definition) is 1. The highest BCUT2D eigenvalue weighted by molar-refractivity contribution is 5.94. The van der Waals surface area contributed by atoms with Crippen LogP contribution < -0.4 is 5.32 Å². The van der Waals surface area contributed by atoms with E-state index >= 15 is 0 Å². The molecule has 1 aliphatic rings. The second-order valence-corrected chi connectivity index (χ2v) is 4.46. The van der Waals surface area contributed by atoms with Gasteiger partial charge in [-0.3, -0.25) is 4.79 Å². The summed E-state index contributed by atoms with van der Waals surface area (Å²) < 4.78 is 5.33. The van der Waals surface area contributed by atoms with Crippen molar-refractivity contribution in [2.75, 3.05) is 0 Å². The van der Waals surface area contributed by atoms with Crippen LogP contribution in [0.5, 0.6) is 0 Å². The molecule has 94 valence electrons. The van der Waals surface area contributed by atoms with Gasteiger partial charge in [-0.1, -0.05) is 13.0 Å². The van der Waals surface area contributed by atoms with Gasteiger partial charge in [0.1, 0.15) is 0 Å². The van der Waals surface area contributed by atoms with Gasteiger partial charge in [0.15, 0.2) is 0 Å². The number of fused-ring (bicyclic) bond motifs is 1. The summed E-state index contributed by atoms with van der Waals surface area (Å²) in [4.78, 5) is 12.1. The maximum Gasteiger partial charge on any atom is 0.251 e. The number of hydrogen-bond acceptors (Lipinski definition) is 2. The molecule has 1 atom stereocenters. The van der Waals surface area contributed by atoms with Crippen LogP contribution >= 0.6 is 0 Å². The lowest BCUT2D eigenvalue weighted by atomic mass is 10.1. The second kappa shape index (κ2) is 5.70. The third-order valence-electron chi connectivity index (χ3n) is 3.18. The van der Waals surface area contributed by atoms with Crippen molar-refractivity contribution < 1.29 is 9.53 Å². The Kier molecular flexibility index (Phi) is 4.01. The summed E-state index contributed by atoms with van der Waals surface area (Å²) in [5.41, 5.74) is 2.95. The third-order valence-corrected chi connectivity index (χ3v) is 3.18. The topological polar surface area (TPSA) is 38.3 Å². The van der Waals surface area contributed by atoms with Gasteiger partial charge < -0.3 is 10.1 Å². The van der Waals surface area contributed by atoms with Gasteiger partial charge in [-0.2, -0.15) is 0 Å². The largest absolute Gasteiger partial charge is 0.372 e. The van der Waals surface area contributed by atoms with Crippen molar-refractivity contribution >= 4 is 5.91 Å². The highest BCUT2D eigenvalue weighted by atomic mass is 16.5. The molecule has 1 aliphatic heterocycles. The molecule has 1 N–H and O–H groups in total. The maximum atomic E-state index is 12.1. The summed E-state index contributed by atoms with van der Waals surface area (Å²) in [6.45, 7) is 3.25. The van der Waals surface area contributed by atoms with Gasteiger partial charge in [0.2, 0.25) is 0 Å². The van der Waals surface area contributed by atoms with Crippen LogP contribution in [0.2, 0.25) is 0 Å². The Bertz CT molecular complexity index is 488. The summed E-state index contributed by atoms with van der Waals surface area (Å²) in [6, 6.07) is 5.75. The van der Waals surface area contributed by atoms with Crippen LogP contribution in [0.1, 0.15) is 41.3 Å². The summed E-state index contributed by atoms with van der Waals surface area (Å²) in [7, 11) is 0. The van der Waals surface area contributed by atoms with Crippen molar-refractivity contribution in [1.29, 1.82) is 0 Å². The lowest BCUT2D eigenvalue weighted by Gasteiger charge is -2.14. The summed E-state index contributed by atoms with van der Waals surface area (Å²) in [5, 5.41) is 2.95. The van der Waals surface area contributed by atoms with Crippen molar-refractivity contribution in [2.45, 2.75) is 39.0 Å². The Morgan fingerprint density at radius 3 is 3.00 bits per heavy atom. The second-order valence-electron chi connectivity index (χ2n) is 4.46. The fourth-order valence-electron chi connectivity index (χ4n) is 2.02. The zero-order chi connectivity index (χ0) is 13.0. The van der Waals surface area contributed by atoms with Crippen LogP contribution in [-0.4, -0.2) is 11.9 Å². The molecule has 0 aromatic heterocycles. The lowest BCUT2D eigenvalue weighted by molar-refractivity contribution is 0.0936. The quantitative estimate of drug-likeness (QED) is 0.824. The van der Waals surface area contributed by atoms with E-state index in [0.29, 0.717) is 25.2 Å². The first kappa shape index (κ1) is 12.7. The average molecular weight is 243 g/mol. The Morgan fingerprint density at radius 2 is 2.28 bits per heavy atom. The Morgan fingerprint density at radius 1 is 1.50 bits per heavy atom. The molecule has 0 saturated carbocycles. The summed E-state index contributed by atoms with van der Waals surface area (Å²) in [6.07, 6.45) is 6.68. The van der Waals surface area contributed by atoms with E-state index < -0.39 is 0 Å². The smallest absolute Gasteiger partial charge is 0.251 e. The van der Waals surface area contributed by atoms with Gasteiger partial charge in [-0.15, -0.1) is 12.3 Å². The first-order chi connectivity index (χ1) is 8.74. The Balaban J connectivity index is 2.07. The van der Waals surface area contributed by atoms with Crippen molar-refractivity contribution in [1.82, 2.24) is 5.32 Å². The van der Waals surface area contributed by atoms with Gasteiger partial charge in [0.25, 0.3) is 5.91 Å². The molecule has 0 saturated heterocycles. The number of benzene rings is 1. The van der Waals surface area contributed by atoms with Crippen LogP contribution in [-0.2, 0) is 18.0 Å². The number of nitrogens with one attached hydrogen (secondary N) is 1. The maximum absolute atomic E-state index is 12.1. The third kappa shape index (κ3) is 2.72. The molecule has 1 amide bonds. The van der Waals surface area contributed by atoms with Gasteiger partial charge in [-0.05, 0) is 29.7 Å². The van der Waals surface area contributed by atoms with Crippen LogP contribution in [0, 0.1) is 12.3 Å². The monoisotopic (exact) mass is 243 g/mol. The SMILES string of the molecule is C#CCC(CC)NC(=O)c1ccc2c(c1)COC2. The van der Waals surface area contributed by atoms with E-state index in [2.05, 4.69) is 11.2 Å². The van der Waals surface area contributed by atoms with Crippen LogP contribution in [0.3, 0.4) is 0 Å². The molecule has 1 unspecified atom stereocenters. The molecule has 0 spiro atoms. The van der Waals surface area contributed by atoms with Gasteiger partial charge in [-0.25, -0.2) is 0 Å². The van der Waals surface area contributed by atoms with E-state index in [4.69, 9.17) is 11.2 Å². The van der Waals surface area contributed by atoms with Crippen LogP contribution in [0.4, 0.5) is 0 Å². The molecule has 1 aromatic carbocycles. The van der Waals surface area contributed by atoms with E-state index in [0.717, 1.165) is 12.0 Å². The predicted molar refractivity (Wildman–Crippen MR) is 69.9 cm³/mol.